The maximum Gasteiger partial charge on any atom is 0.313 e. The topological polar surface area (TPSA) is 66.4 Å². The summed E-state index contributed by atoms with van der Waals surface area (Å²) >= 11 is 1.23. The number of nitrogens with one attached hydrogen (secondary N) is 1. The van der Waals surface area contributed by atoms with E-state index in [4.69, 9.17) is 5.11 Å². The molecule has 0 radical (unpaired) electrons. The van der Waals surface area contributed by atoms with Gasteiger partial charge in [-0.25, -0.2) is 8.78 Å². The number of carbonyl (C=O) groups is 2. The Balaban J connectivity index is 1.73. The van der Waals surface area contributed by atoms with Gasteiger partial charge in [-0.1, -0.05) is 6.07 Å². The first-order valence-electron chi connectivity index (χ1n) is 6.51. The molecule has 1 amide bonds. The number of thioether (sulfide) groups is 1. The van der Waals surface area contributed by atoms with Gasteiger partial charge in [-0.15, -0.1) is 11.8 Å². The third-order valence-corrected chi connectivity index (χ3v) is 4.21. The summed E-state index contributed by atoms with van der Waals surface area (Å²) < 4.78 is 26.0. The number of hydrogen-bond donors (Lipinski definition) is 2. The van der Waals surface area contributed by atoms with Crippen LogP contribution < -0.4 is 5.32 Å². The first-order chi connectivity index (χ1) is 9.99. The van der Waals surface area contributed by atoms with Crippen LogP contribution in [0.4, 0.5) is 8.78 Å². The highest BCUT2D eigenvalue weighted by Crippen LogP contribution is 2.47. The van der Waals surface area contributed by atoms with Gasteiger partial charge in [-0.2, -0.15) is 0 Å². The molecule has 2 unspecified atom stereocenters. The lowest BCUT2D eigenvalue weighted by molar-refractivity contribution is -0.133. The van der Waals surface area contributed by atoms with Crippen LogP contribution in [-0.4, -0.2) is 35.0 Å². The van der Waals surface area contributed by atoms with Crippen molar-refractivity contribution >= 4 is 23.6 Å². The molecule has 0 bridgehead atoms. The number of carbonyl (C=O) groups excluding carboxylic acids is 1. The van der Waals surface area contributed by atoms with Gasteiger partial charge in [0.2, 0.25) is 5.91 Å². The van der Waals surface area contributed by atoms with Crippen LogP contribution in [0.3, 0.4) is 0 Å². The van der Waals surface area contributed by atoms with Crippen molar-refractivity contribution in [2.75, 3.05) is 18.1 Å². The van der Waals surface area contributed by atoms with Crippen LogP contribution in [0.2, 0.25) is 0 Å². The highest BCUT2D eigenvalue weighted by atomic mass is 32.2. The predicted octanol–water partition coefficient (Wildman–Crippen LogP) is 2.00. The predicted molar refractivity (Wildman–Crippen MR) is 75.2 cm³/mol. The Labute approximate surface area is 124 Å². The molecule has 1 aromatic carbocycles. The number of carboxylic acids is 1. The Kier molecular flexibility index (Phi) is 5.17. The van der Waals surface area contributed by atoms with E-state index in [1.165, 1.54) is 17.8 Å². The SMILES string of the molecule is O=C(O)CSCCNC(=O)C1CC1c1ccc(F)c(F)c1. The molecule has 2 N–H and O–H groups in total. The number of hydrogen-bond acceptors (Lipinski definition) is 3. The molecule has 7 heteroatoms. The van der Waals surface area contributed by atoms with Crippen molar-refractivity contribution in [2.45, 2.75) is 12.3 Å². The van der Waals surface area contributed by atoms with E-state index in [0.29, 0.717) is 24.3 Å². The number of aliphatic carboxylic acids is 1. The largest absolute Gasteiger partial charge is 0.481 e. The summed E-state index contributed by atoms with van der Waals surface area (Å²) in [7, 11) is 0. The number of benzene rings is 1. The van der Waals surface area contributed by atoms with Crippen molar-refractivity contribution in [1.82, 2.24) is 5.32 Å². The Morgan fingerprint density at radius 1 is 1.33 bits per heavy atom. The third kappa shape index (κ3) is 4.42. The van der Waals surface area contributed by atoms with E-state index in [0.717, 1.165) is 12.1 Å². The van der Waals surface area contributed by atoms with E-state index < -0.39 is 17.6 Å². The van der Waals surface area contributed by atoms with E-state index >= 15 is 0 Å². The normalized spacial score (nSPS) is 20.1. The van der Waals surface area contributed by atoms with Crippen LogP contribution in [0.5, 0.6) is 0 Å². The molecular formula is C14H15F2NO3S. The Morgan fingerprint density at radius 3 is 2.76 bits per heavy atom. The van der Waals surface area contributed by atoms with E-state index in [-0.39, 0.29) is 23.5 Å². The molecule has 0 spiro atoms. The molecule has 1 saturated carbocycles. The van der Waals surface area contributed by atoms with Crippen LogP contribution in [0.1, 0.15) is 17.9 Å². The summed E-state index contributed by atoms with van der Waals surface area (Å²) in [6.45, 7) is 0.401. The quantitative estimate of drug-likeness (QED) is 0.755. The van der Waals surface area contributed by atoms with Gasteiger partial charge in [0.15, 0.2) is 11.6 Å². The summed E-state index contributed by atoms with van der Waals surface area (Å²) in [6, 6.07) is 3.70. The van der Waals surface area contributed by atoms with E-state index in [1.54, 1.807) is 0 Å². The van der Waals surface area contributed by atoms with Crippen molar-refractivity contribution in [3.8, 4) is 0 Å². The number of carboxylic acid groups (broad SMARTS) is 1. The fourth-order valence-electron chi connectivity index (χ4n) is 2.13. The Bertz CT molecular complexity index is 553. The molecule has 114 valence electrons. The number of rotatable bonds is 7. The molecule has 4 nitrogen and oxygen atoms in total. The zero-order valence-electron chi connectivity index (χ0n) is 11.1. The second kappa shape index (κ2) is 6.89. The van der Waals surface area contributed by atoms with E-state index in [2.05, 4.69) is 5.32 Å². The van der Waals surface area contributed by atoms with Gasteiger partial charge < -0.3 is 10.4 Å². The minimum Gasteiger partial charge on any atom is -0.481 e. The van der Waals surface area contributed by atoms with Crippen LogP contribution in [-0.2, 0) is 9.59 Å². The third-order valence-electron chi connectivity index (χ3n) is 3.27. The van der Waals surface area contributed by atoms with Gasteiger partial charge in [-0.3, -0.25) is 9.59 Å². The average Bonchev–Trinajstić information content (AvgIpc) is 3.21. The van der Waals surface area contributed by atoms with Gasteiger partial charge in [0, 0.05) is 18.2 Å². The smallest absolute Gasteiger partial charge is 0.313 e. The molecule has 1 aliphatic rings. The summed E-state index contributed by atoms with van der Waals surface area (Å²) in [5.74, 6) is -2.53. The number of halogens is 2. The monoisotopic (exact) mass is 315 g/mol. The van der Waals surface area contributed by atoms with E-state index in [1.807, 2.05) is 0 Å². The van der Waals surface area contributed by atoms with Gasteiger partial charge in [0.1, 0.15) is 0 Å². The standard InChI is InChI=1S/C14H15F2NO3S/c15-11-2-1-8(5-12(11)16)9-6-10(9)14(20)17-3-4-21-7-13(18)19/h1-2,5,9-10H,3-4,6-7H2,(H,17,20)(H,18,19). The minimum absolute atomic E-state index is 0.0107. The Hall–Kier alpha value is -1.63. The first-order valence-corrected chi connectivity index (χ1v) is 7.66. The summed E-state index contributed by atoms with van der Waals surface area (Å²) in [5.41, 5.74) is 0.634. The molecule has 1 aliphatic carbocycles. The van der Waals surface area contributed by atoms with Crippen molar-refractivity contribution in [3.05, 3.63) is 35.4 Å². The van der Waals surface area contributed by atoms with Gasteiger partial charge in [0.05, 0.1) is 5.75 Å². The fraction of sp³-hybridized carbons (Fsp3) is 0.429. The number of amides is 1. The molecule has 1 aromatic rings. The molecule has 0 aromatic heterocycles. The average molecular weight is 315 g/mol. The van der Waals surface area contributed by atoms with Crippen LogP contribution in [0.25, 0.3) is 0 Å². The second-order valence-electron chi connectivity index (χ2n) is 4.86. The Morgan fingerprint density at radius 2 is 2.10 bits per heavy atom. The van der Waals surface area contributed by atoms with Crippen LogP contribution in [0, 0.1) is 17.6 Å². The lowest BCUT2D eigenvalue weighted by Gasteiger charge is -2.04. The molecule has 1 fully saturated rings. The zero-order valence-corrected chi connectivity index (χ0v) is 12.0. The van der Waals surface area contributed by atoms with Crippen LogP contribution in [0.15, 0.2) is 18.2 Å². The molecule has 21 heavy (non-hydrogen) atoms. The summed E-state index contributed by atoms with van der Waals surface area (Å²) in [5, 5.41) is 11.2. The molecular weight excluding hydrogens is 300 g/mol. The molecule has 2 atom stereocenters. The van der Waals surface area contributed by atoms with E-state index in [9.17, 15) is 18.4 Å². The lowest BCUT2D eigenvalue weighted by atomic mass is 10.1. The van der Waals surface area contributed by atoms with Crippen LogP contribution >= 0.6 is 11.8 Å². The zero-order chi connectivity index (χ0) is 15.4. The molecule has 0 heterocycles. The first kappa shape index (κ1) is 15.8. The minimum atomic E-state index is -0.899. The molecule has 0 aliphatic heterocycles. The fourth-order valence-corrected chi connectivity index (χ4v) is 2.70. The second-order valence-corrected chi connectivity index (χ2v) is 5.96. The molecule has 0 saturated heterocycles. The van der Waals surface area contributed by atoms with Gasteiger partial charge in [-0.05, 0) is 30.0 Å². The highest BCUT2D eigenvalue weighted by Gasteiger charge is 2.43. The van der Waals surface area contributed by atoms with Crippen molar-refractivity contribution < 1.29 is 23.5 Å². The highest BCUT2D eigenvalue weighted by molar-refractivity contribution is 7.99. The van der Waals surface area contributed by atoms with Gasteiger partial charge in [0.25, 0.3) is 0 Å². The van der Waals surface area contributed by atoms with Crippen molar-refractivity contribution in [3.63, 3.8) is 0 Å². The maximum atomic E-state index is 13.1. The van der Waals surface area contributed by atoms with Crippen molar-refractivity contribution in [2.24, 2.45) is 5.92 Å². The lowest BCUT2D eigenvalue weighted by Crippen LogP contribution is -2.27. The van der Waals surface area contributed by atoms with Gasteiger partial charge >= 0.3 is 5.97 Å². The van der Waals surface area contributed by atoms with Crippen molar-refractivity contribution in [1.29, 1.82) is 0 Å². The molecule has 2 rings (SSSR count). The maximum absolute atomic E-state index is 13.1. The summed E-state index contributed by atoms with van der Waals surface area (Å²) in [6.07, 6.45) is 0.624. The summed E-state index contributed by atoms with van der Waals surface area (Å²) in [4.78, 5) is 22.1.